The molecule has 10 nitrogen and oxygen atoms in total. The van der Waals surface area contributed by atoms with E-state index in [9.17, 15) is 24.9 Å². The Kier molecular flexibility index (Phi) is 13.2. The van der Waals surface area contributed by atoms with Crippen LogP contribution in [0.2, 0.25) is 0 Å². The van der Waals surface area contributed by atoms with Crippen LogP contribution in [0.5, 0.6) is 11.5 Å². The van der Waals surface area contributed by atoms with Crippen LogP contribution in [0.1, 0.15) is 85.1 Å². The highest BCUT2D eigenvalue weighted by Crippen LogP contribution is 2.61. The molecule has 5 aliphatic rings. The van der Waals surface area contributed by atoms with Crippen LogP contribution < -0.4 is 14.8 Å². The average Bonchev–Trinajstić information content (AvgIpc) is 3.09. The number of halogens is 1. The zero-order valence-corrected chi connectivity index (χ0v) is 32.9. The Balaban J connectivity index is 1.47. The number of carbonyl (C=O) groups is 2. The van der Waals surface area contributed by atoms with Crippen molar-refractivity contribution in [3.8, 4) is 11.5 Å². The van der Waals surface area contributed by atoms with Gasteiger partial charge < -0.3 is 39.7 Å². The van der Waals surface area contributed by atoms with Gasteiger partial charge in [0.15, 0.2) is 11.5 Å². The summed E-state index contributed by atoms with van der Waals surface area (Å²) in [4.78, 5) is 29.8. The van der Waals surface area contributed by atoms with E-state index in [0.29, 0.717) is 62.3 Å². The Labute approximate surface area is 311 Å². The SMILES string of the molecule is COc1cc(CO)cc(I)c1OC1C=C(C(=O)NCCO)CC(N(CC2CCC3CC2C3(C)C)C(=O)COC2CC(C)CCC2C(C)C)C1O. The number of hydrogen-bond acceptors (Lipinski definition) is 8. The maximum Gasteiger partial charge on any atom is 0.248 e. The summed E-state index contributed by atoms with van der Waals surface area (Å²) in [6, 6.07) is 2.72. The molecule has 2 amide bonds. The lowest BCUT2D eigenvalue weighted by molar-refractivity contribution is -0.156. The lowest BCUT2D eigenvalue weighted by Gasteiger charge is -2.61. The number of ether oxygens (including phenoxy) is 3. The average molecular weight is 811 g/mol. The quantitative estimate of drug-likeness (QED) is 0.191. The van der Waals surface area contributed by atoms with Crippen LogP contribution in [-0.2, 0) is 20.9 Å². The topological polar surface area (TPSA) is 138 Å². The smallest absolute Gasteiger partial charge is 0.248 e. The van der Waals surface area contributed by atoms with Gasteiger partial charge in [-0.25, -0.2) is 0 Å². The number of aliphatic hydroxyl groups excluding tert-OH is 3. The van der Waals surface area contributed by atoms with E-state index < -0.39 is 18.2 Å². The van der Waals surface area contributed by atoms with Crippen molar-refractivity contribution < 1.29 is 39.1 Å². The highest BCUT2D eigenvalue weighted by atomic mass is 127. The largest absolute Gasteiger partial charge is 0.493 e. The number of fused-ring (bicyclic) bond motifs is 2. The van der Waals surface area contributed by atoms with Gasteiger partial charge in [-0.05, 0) is 119 Å². The Morgan fingerprint density at radius 2 is 1.88 bits per heavy atom. The highest BCUT2D eigenvalue weighted by Gasteiger charge is 2.55. The minimum Gasteiger partial charge on any atom is -0.493 e. The fraction of sp³-hybridized carbons (Fsp3) is 0.744. The summed E-state index contributed by atoms with van der Waals surface area (Å²) >= 11 is 2.11. The summed E-state index contributed by atoms with van der Waals surface area (Å²) < 4.78 is 19.3. The van der Waals surface area contributed by atoms with Gasteiger partial charge >= 0.3 is 0 Å². The molecule has 4 N–H and O–H groups in total. The second-order valence-corrected chi connectivity index (χ2v) is 17.4. The Bertz CT molecular complexity index is 1380. The summed E-state index contributed by atoms with van der Waals surface area (Å²) in [5, 5.41) is 34.1. The predicted molar refractivity (Wildman–Crippen MR) is 200 cm³/mol. The molecule has 0 aliphatic heterocycles. The van der Waals surface area contributed by atoms with Crippen molar-refractivity contribution in [3.63, 3.8) is 0 Å². The number of amides is 2. The third kappa shape index (κ3) is 8.48. The monoisotopic (exact) mass is 810 g/mol. The number of aliphatic hydroxyl groups is 3. The first-order chi connectivity index (χ1) is 23.8. The molecule has 6 rings (SSSR count). The van der Waals surface area contributed by atoms with Crippen molar-refractivity contribution >= 4 is 34.4 Å². The predicted octanol–water partition coefficient (Wildman–Crippen LogP) is 5.09. The maximum atomic E-state index is 14.5. The van der Waals surface area contributed by atoms with Crippen LogP contribution in [0, 0.1) is 44.5 Å². The van der Waals surface area contributed by atoms with Crippen molar-refractivity contribution in [2.75, 3.05) is 33.4 Å². The Morgan fingerprint density at radius 1 is 1.12 bits per heavy atom. The molecule has 4 saturated carbocycles. The minimum absolute atomic E-state index is 0.00550. The van der Waals surface area contributed by atoms with E-state index >= 15 is 0 Å². The van der Waals surface area contributed by atoms with Gasteiger partial charge in [0.1, 0.15) is 18.8 Å². The number of rotatable bonds is 14. The summed E-state index contributed by atoms with van der Waals surface area (Å²) in [6.07, 6.45) is 6.09. The van der Waals surface area contributed by atoms with Crippen molar-refractivity contribution in [1.29, 1.82) is 0 Å². The van der Waals surface area contributed by atoms with E-state index in [-0.39, 0.29) is 62.0 Å². The van der Waals surface area contributed by atoms with E-state index in [0.717, 1.165) is 38.5 Å². The van der Waals surface area contributed by atoms with E-state index in [1.54, 1.807) is 23.1 Å². The van der Waals surface area contributed by atoms with E-state index in [1.165, 1.54) is 7.11 Å². The van der Waals surface area contributed by atoms with Gasteiger partial charge in [0.2, 0.25) is 11.8 Å². The van der Waals surface area contributed by atoms with Crippen LogP contribution in [0.15, 0.2) is 23.8 Å². The van der Waals surface area contributed by atoms with Crippen LogP contribution in [0.4, 0.5) is 0 Å². The molecule has 0 aromatic heterocycles. The Morgan fingerprint density at radius 3 is 2.52 bits per heavy atom. The van der Waals surface area contributed by atoms with E-state index in [4.69, 9.17) is 14.2 Å². The van der Waals surface area contributed by atoms with E-state index in [2.05, 4.69) is 62.5 Å². The molecule has 280 valence electrons. The van der Waals surface area contributed by atoms with Gasteiger partial charge in [-0.3, -0.25) is 9.59 Å². The molecule has 5 aliphatic carbocycles. The van der Waals surface area contributed by atoms with Crippen molar-refractivity contribution in [2.24, 2.45) is 40.9 Å². The van der Waals surface area contributed by atoms with Crippen molar-refractivity contribution in [3.05, 3.63) is 32.9 Å². The third-order valence-electron chi connectivity index (χ3n) is 12.5. The van der Waals surface area contributed by atoms with Crippen molar-refractivity contribution in [1.82, 2.24) is 10.2 Å². The number of nitrogens with zero attached hydrogens (tertiary/aromatic N) is 1. The molecule has 4 fully saturated rings. The first-order valence-electron chi connectivity index (χ1n) is 18.6. The molecule has 0 spiro atoms. The molecule has 0 radical (unpaired) electrons. The molecule has 0 heterocycles. The molecule has 0 saturated heterocycles. The first kappa shape index (κ1) is 39.3. The van der Waals surface area contributed by atoms with Gasteiger partial charge in [0.25, 0.3) is 0 Å². The summed E-state index contributed by atoms with van der Waals surface area (Å²) in [5.41, 5.74) is 1.24. The first-order valence-corrected chi connectivity index (χ1v) is 19.7. The zero-order valence-electron chi connectivity index (χ0n) is 30.7. The fourth-order valence-electron chi connectivity index (χ4n) is 9.32. The van der Waals surface area contributed by atoms with Crippen LogP contribution in [0.25, 0.3) is 0 Å². The summed E-state index contributed by atoms with van der Waals surface area (Å²) in [6.45, 7) is 11.5. The van der Waals surface area contributed by atoms with Crippen LogP contribution in [0.3, 0.4) is 0 Å². The van der Waals surface area contributed by atoms with Crippen LogP contribution >= 0.6 is 22.6 Å². The van der Waals surface area contributed by atoms with Gasteiger partial charge in [0.05, 0.1) is 36.0 Å². The number of carbonyl (C=O) groups excluding carboxylic acids is 2. The molecule has 2 bridgehead atoms. The van der Waals surface area contributed by atoms with Gasteiger partial charge in [0, 0.05) is 25.1 Å². The molecule has 9 unspecified atom stereocenters. The normalized spacial score (nSPS) is 31.7. The number of benzene rings is 1. The lowest BCUT2D eigenvalue weighted by Crippen LogP contribution is -2.60. The van der Waals surface area contributed by atoms with Gasteiger partial charge in [-0.15, -0.1) is 0 Å². The van der Waals surface area contributed by atoms with Crippen molar-refractivity contribution in [2.45, 2.75) is 111 Å². The van der Waals surface area contributed by atoms with Gasteiger partial charge in [-0.1, -0.05) is 41.0 Å². The second-order valence-electron chi connectivity index (χ2n) is 16.2. The standard InChI is InChI=1S/C39H59IN2O8/c1-22(2)28-10-7-23(3)13-32(28)49-21-35(45)42(19-25-8-9-27-18-29(25)39(27,4)5)31-16-26(38(47)41-11-12-43)17-33(36(31)46)50-37-30(40)14-24(20-44)15-34(37)48-6/h14-15,17,22-23,25,27-29,31-33,36,43-44,46H,7-13,16,18-21H2,1-6H3,(H,41,47). The third-order valence-corrected chi connectivity index (χ3v) is 13.3. The number of nitrogens with one attached hydrogen (secondary N) is 1. The van der Waals surface area contributed by atoms with Gasteiger partial charge in [-0.2, -0.15) is 0 Å². The molecule has 50 heavy (non-hydrogen) atoms. The number of hydrogen-bond donors (Lipinski definition) is 4. The second kappa shape index (κ2) is 16.8. The Hall–Kier alpha value is -1.93. The molecule has 11 heteroatoms. The molecule has 9 atom stereocenters. The van der Waals surface area contributed by atoms with Crippen LogP contribution in [-0.4, -0.2) is 89.8 Å². The molecule has 1 aromatic carbocycles. The maximum absolute atomic E-state index is 14.5. The summed E-state index contributed by atoms with van der Waals surface area (Å²) in [7, 11) is 1.51. The fourth-order valence-corrected chi connectivity index (χ4v) is 10.1. The zero-order chi connectivity index (χ0) is 36.3. The highest BCUT2D eigenvalue weighted by molar-refractivity contribution is 14.1. The lowest BCUT2D eigenvalue weighted by atomic mass is 9.45. The molecular formula is C39H59IN2O8. The molecular weight excluding hydrogens is 751 g/mol. The number of methoxy groups -OCH3 is 1. The van der Waals surface area contributed by atoms with E-state index in [1.807, 2.05) is 0 Å². The summed E-state index contributed by atoms with van der Waals surface area (Å²) in [5.74, 6) is 3.04. The minimum atomic E-state index is -1.16. The molecule has 1 aromatic rings.